The van der Waals surface area contributed by atoms with E-state index in [1.807, 2.05) is 24.3 Å². The summed E-state index contributed by atoms with van der Waals surface area (Å²) in [5.41, 5.74) is 5.05. The fraction of sp³-hybridized carbons (Fsp3) is 0.227. The third-order valence-electron chi connectivity index (χ3n) is 4.26. The molecule has 0 fully saturated rings. The molecule has 0 atom stereocenters. The summed E-state index contributed by atoms with van der Waals surface area (Å²) in [6.07, 6.45) is 4.87. The normalized spacial score (nSPS) is 10.9. The molecule has 0 unspecified atom stereocenters. The fourth-order valence-electron chi connectivity index (χ4n) is 2.64. The van der Waals surface area contributed by atoms with Crippen molar-refractivity contribution in [3.63, 3.8) is 0 Å². The highest BCUT2D eigenvalue weighted by molar-refractivity contribution is 5.94. The Morgan fingerprint density at radius 1 is 1.17 bits per heavy atom. The van der Waals surface area contributed by atoms with Crippen molar-refractivity contribution in [1.29, 1.82) is 0 Å². The number of hydrogen-bond acceptors (Lipinski definition) is 5. The Kier molecular flexibility index (Phi) is 7.00. The maximum Gasteiger partial charge on any atom is 0.289 e. The van der Waals surface area contributed by atoms with E-state index in [2.05, 4.69) is 27.6 Å². The largest absolute Gasteiger partial charge is 0.508 e. The van der Waals surface area contributed by atoms with Crippen molar-refractivity contribution >= 4 is 12.1 Å². The molecule has 0 saturated carbocycles. The minimum atomic E-state index is -0.394. The van der Waals surface area contributed by atoms with E-state index in [1.165, 1.54) is 12.6 Å². The van der Waals surface area contributed by atoms with Crippen molar-refractivity contribution in [3.05, 3.63) is 65.9 Å². The zero-order valence-corrected chi connectivity index (χ0v) is 16.3. The van der Waals surface area contributed by atoms with Crippen LogP contribution in [-0.2, 0) is 0 Å². The number of unbranched alkanes of at least 4 members (excludes halogenated alkanes) is 2. The lowest BCUT2D eigenvalue weighted by atomic mass is 10.1. The Hall–Kier alpha value is -3.61. The van der Waals surface area contributed by atoms with Crippen LogP contribution in [0.2, 0.25) is 0 Å². The lowest BCUT2D eigenvalue weighted by molar-refractivity contribution is 0.0950. The van der Waals surface area contributed by atoms with Crippen molar-refractivity contribution in [2.75, 3.05) is 6.61 Å². The van der Waals surface area contributed by atoms with Gasteiger partial charge in [-0.25, -0.2) is 5.43 Å². The summed E-state index contributed by atoms with van der Waals surface area (Å²) < 4.78 is 5.71. The van der Waals surface area contributed by atoms with Gasteiger partial charge in [-0.1, -0.05) is 19.8 Å². The molecular formula is C22H24N4O3. The molecule has 3 aromatic rings. The zero-order chi connectivity index (χ0) is 20.5. The van der Waals surface area contributed by atoms with E-state index in [4.69, 9.17) is 4.74 Å². The van der Waals surface area contributed by atoms with Crippen molar-refractivity contribution in [3.8, 4) is 22.8 Å². The number of benzene rings is 2. The Morgan fingerprint density at radius 3 is 2.66 bits per heavy atom. The lowest BCUT2D eigenvalue weighted by Gasteiger charge is -2.06. The van der Waals surface area contributed by atoms with Gasteiger partial charge in [0.25, 0.3) is 5.91 Å². The molecule has 0 radical (unpaired) electrons. The van der Waals surface area contributed by atoms with E-state index >= 15 is 0 Å². The van der Waals surface area contributed by atoms with Gasteiger partial charge in [0.15, 0.2) is 0 Å². The summed E-state index contributed by atoms with van der Waals surface area (Å²) >= 11 is 0. The number of nitrogens with zero attached hydrogens (tertiary/aromatic N) is 2. The molecule has 0 saturated heterocycles. The molecular weight excluding hydrogens is 368 g/mol. The summed E-state index contributed by atoms with van der Waals surface area (Å²) in [4.78, 5) is 12.2. The van der Waals surface area contributed by atoms with Crippen molar-refractivity contribution in [1.82, 2.24) is 15.6 Å². The highest BCUT2D eigenvalue weighted by Crippen LogP contribution is 2.21. The number of phenolic OH excluding ortho intramolecular Hbond substituents is 1. The number of H-pyrrole nitrogens is 1. The number of aromatic amines is 1. The summed E-state index contributed by atoms with van der Waals surface area (Å²) in [7, 11) is 0. The molecule has 0 aliphatic carbocycles. The number of hydrazone groups is 1. The van der Waals surface area contributed by atoms with Gasteiger partial charge in [-0.05, 0) is 66.6 Å². The fourth-order valence-corrected chi connectivity index (χ4v) is 2.64. The molecule has 3 N–H and O–H groups in total. The quantitative estimate of drug-likeness (QED) is 0.290. The molecule has 29 heavy (non-hydrogen) atoms. The van der Waals surface area contributed by atoms with E-state index < -0.39 is 5.91 Å². The number of nitrogens with one attached hydrogen (secondary N) is 2. The van der Waals surface area contributed by atoms with Gasteiger partial charge >= 0.3 is 0 Å². The highest BCUT2D eigenvalue weighted by Gasteiger charge is 2.10. The van der Waals surface area contributed by atoms with Gasteiger partial charge in [-0.2, -0.15) is 10.2 Å². The number of aromatic nitrogens is 2. The third-order valence-corrected chi connectivity index (χ3v) is 4.26. The first-order chi connectivity index (χ1) is 14.2. The van der Waals surface area contributed by atoms with Crippen LogP contribution in [0.3, 0.4) is 0 Å². The number of hydrogen-bond donors (Lipinski definition) is 3. The zero-order valence-electron chi connectivity index (χ0n) is 16.3. The van der Waals surface area contributed by atoms with Crippen LogP contribution in [0.4, 0.5) is 0 Å². The second kappa shape index (κ2) is 10.1. The third kappa shape index (κ3) is 5.93. The SMILES string of the molecule is CCCCCOc1ccc(-c2cc(C(=O)N/N=C\c3ccc(O)cc3)[nH]n2)cc1. The predicted octanol–water partition coefficient (Wildman–Crippen LogP) is 4.12. The molecule has 2 aromatic carbocycles. The number of phenols is 1. The predicted molar refractivity (Wildman–Crippen MR) is 112 cm³/mol. The Morgan fingerprint density at radius 2 is 1.93 bits per heavy atom. The van der Waals surface area contributed by atoms with Crippen LogP contribution in [0.5, 0.6) is 11.5 Å². The Labute approximate surface area is 169 Å². The second-order valence-corrected chi connectivity index (χ2v) is 6.54. The van der Waals surface area contributed by atoms with Gasteiger partial charge < -0.3 is 9.84 Å². The van der Waals surface area contributed by atoms with Gasteiger partial charge in [0.1, 0.15) is 17.2 Å². The maximum absolute atomic E-state index is 12.2. The first-order valence-electron chi connectivity index (χ1n) is 9.57. The van der Waals surface area contributed by atoms with Gasteiger partial charge in [0.05, 0.1) is 18.5 Å². The van der Waals surface area contributed by atoms with E-state index in [1.54, 1.807) is 30.3 Å². The molecule has 150 valence electrons. The lowest BCUT2D eigenvalue weighted by Crippen LogP contribution is -2.17. The van der Waals surface area contributed by atoms with Crippen molar-refractivity contribution < 1.29 is 14.6 Å². The van der Waals surface area contributed by atoms with Crippen LogP contribution in [0.1, 0.15) is 42.2 Å². The summed E-state index contributed by atoms with van der Waals surface area (Å²) in [5.74, 6) is 0.601. The number of aromatic hydroxyl groups is 1. The molecule has 0 aliphatic heterocycles. The Bertz CT molecular complexity index is 947. The van der Waals surface area contributed by atoms with E-state index in [0.29, 0.717) is 18.0 Å². The van der Waals surface area contributed by atoms with Crippen LogP contribution >= 0.6 is 0 Å². The minimum Gasteiger partial charge on any atom is -0.508 e. The van der Waals surface area contributed by atoms with Crippen LogP contribution in [0.25, 0.3) is 11.3 Å². The molecule has 0 aliphatic rings. The second-order valence-electron chi connectivity index (χ2n) is 6.54. The number of rotatable bonds is 9. The smallest absolute Gasteiger partial charge is 0.289 e. The molecule has 0 bridgehead atoms. The molecule has 1 heterocycles. The molecule has 3 rings (SSSR count). The first kappa shape index (κ1) is 20.1. The topological polar surface area (TPSA) is 99.6 Å². The maximum atomic E-state index is 12.2. The van der Waals surface area contributed by atoms with E-state index in [-0.39, 0.29) is 5.75 Å². The highest BCUT2D eigenvalue weighted by atomic mass is 16.5. The standard InChI is InChI=1S/C22H24N4O3/c1-2-3-4-13-29-19-11-7-17(8-12-19)20-14-21(25-24-20)22(28)26-23-15-16-5-9-18(27)10-6-16/h5-12,14-15,27H,2-4,13H2,1H3,(H,24,25)(H,26,28)/b23-15-. The summed E-state index contributed by atoms with van der Waals surface area (Å²) in [5, 5.41) is 20.1. The Balaban J connectivity index is 1.55. The van der Waals surface area contributed by atoms with Crippen molar-refractivity contribution in [2.45, 2.75) is 26.2 Å². The number of amides is 1. The van der Waals surface area contributed by atoms with Gasteiger partial charge in [0.2, 0.25) is 0 Å². The van der Waals surface area contributed by atoms with E-state index in [0.717, 1.165) is 29.7 Å². The number of ether oxygens (including phenoxy) is 1. The molecule has 1 amide bonds. The van der Waals surface area contributed by atoms with Crippen LogP contribution in [0, 0.1) is 0 Å². The average Bonchev–Trinajstić information content (AvgIpc) is 3.23. The summed E-state index contributed by atoms with van der Waals surface area (Å²) in [6, 6.07) is 15.8. The average molecular weight is 392 g/mol. The number of carbonyl (C=O) groups excluding carboxylic acids is 1. The minimum absolute atomic E-state index is 0.173. The van der Waals surface area contributed by atoms with Gasteiger partial charge in [-0.15, -0.1) is 0 Å². The van der Waals surface area contributed by atoms with Gasteiger partial charge in [0, 0.05) is 5.56 Å². The first-order valence-corrected chi connectivity index (χ1v) is 9.57. The van der Waals surface area contributed by atoms with Crippen LogP contribution in [-0.4, -0.2) is 34.0 Å². The number of carbonyl (C=O) groups is 1. The molecule has 7 heteroatoms. The monoisotopic (exact) mass is 392 g/mol. The van der Waals surface area contributed by atoms with Crippen LogP contribution in [0.15, 0.2) is 59.7 Å². The molecule has 0 spiro atoms. The van der Waals surface area contributed by atoms with Crippen LogP contribution < -0.4 is 10.2 Å². The van der Waals surface area contributed by atoms with Crippen molar-refractivity contribution in [2.24, 2.45) is 5.10 Å². The molecule has 7 nitrogen and oxygen atoms in total. The van der Waals surface area contributed by atoms with E-state index in [9.17, 15) is 9.90 Å². The molecule has 1 aromatic heterocycles. The van der Waals surface area contributed by atoms with Gasteiger partial charge in [-0.3, -0.25) is 9.89 Å². The summed E-state index contributed by atoms with van der Waals surface area (Å²) in [6.45, 7) is 2.87.